The summed E-state index contributed by atoms with van der Waals surface area (Å²) in [6.07, 6.45) is 0.670. The smallest absolute Gasteiger partial charge is 0.409 e. The van der Waals surface area contributed by atoms with Crippen molar-refractivity contribution in [1.82, 2.24) is 30.0 Å². The number of rotatable bonds is 14. The van der Waals surface area contributed by atoms with Gasteiger partial charge in [-0.1, -0.05) is 29.5 Å². The van der Waals surface area contributed by atoms with Gasteiger partial charge < -0.3 is 49.4 Å². The average molecular weight is 1070 g/mol. The Bertz CT molecular complexity index is 3020. The van der Waals surface area contributed by atoms with Crippen LogP contribution in [0.2, 0.25) is 5.02 Å². The van der Waals surface area contributed by atoms with Gasteiger partial charge >= 0.3 is 6.18 Å². The van der Waals surface area contributed by atoms with Gasteiger partial charge in [0.2, 0.25) is 23.7 Å². The fourth-order valence-electron chi connectivity index (χ4n) is 10.1. The first kappa shape index (κ1) is 53.0. The number of alkyl halides is 3. The molecule has 75 heavy (non-hydrogen) atoms. The Morgan fingerprint density at radius 2 is 1.76 bits per heavy atom. The van der Waals surface area contributed by atoms with Gasteiger partial charge in [0.15, 0.2) is 17.3 Å². The third-order valence-electron chi connectivity index (χ3n) is 13.8. The molecule has 4 amide bonds. The summed E-state index contributed by atoms with van der Waals surface area (Å²) < 4.78 is 70.4. The quantitative estimate of drug-likeness (QED) is 0.0335. The van der Waals surface area contributed by atoms with Crippen molar-refractivity contribution in [1.29, 1.82) is 0 Å². The summed E-state index contributed by atoms with van der Waals surface area (Å²) in [5, 5.41) is 11.9. The van der Waals surface area contributed by atoms with Crippen LogP contribution in [0, 0.1) is 11.8 Å². The second kappa shape index (κ2) is 22.6. The molecular weight excluding hydrogens is 1020 g/mol. The number of fused-ring (bicyclic) bond motifs is 2. The third kappa shape index (κ3) is 12.5. The van der Waals surface area contributed by atoms with Crippen LogP contribution in [0.25, 0.3) is 0 Å². The zero-order valence-electron chi connectivity index (χ0n) is 41.7. The molecule has 3 fully saturated rings. The van der Waals surface area contributed by atoms with E-state index in [1.54, 1.807) is 49.7 Å². The topological polar surface area (TPSA) is 200 Å². The van der Waals surface area contributed by atoms with E-state index < -0.39 is 31.2 Å². The zero-order valence-corrected chi connectivity index (χ0v) is 43.3. The van der Waals surface area contributed by atoms with E-state index in [2.05, 4.69) is 57.8 Å². The van der Waals surface area contributed by atoms with Crippen molar-refractivity contribution in [3.8, 4) is 29.1 Å². The Kier molecular flexibility index (Phi) is 15.9. The van der Waals surface area contributed by atoms with Gasteiger partial charge in [-0.05, 0) is 81.5 Å². The maximum absolute atomic E-state index is 13.6. The molecule has 4 aromatic rings. The lowest BCUT2D eigenvalue weighted by Crippen LogP contribution is -2.53. The molecule has 1 unspecified atom stereocenters. The Morgan fingerprint density at radius 3 is 2.49 bits per heavy atom. The van der Waals surface area contributed by atoms with Crippen molar-refractivity contribution in [3.05, 3.63) is 82.5 Å². The Labute approximate surface area is 437 Å². The Hall–Kier alpha value is -6.85. The number of hydrogen-bond acceptors (Lipinski definition) is 15. The van der Waals surface area contributed by atoms with Crippen LogP contribution in [0.4, 0.5) is 47.7 Å². The maximum atomic E-state index is 13.6. The first-order chi connectivity index (χ1) is 35.9. The number of unbranched alkanes of at least 4 members (excludes halogenated alkanes) is 1. The molecule has 6 heterocycles. The molecule has 5 aliphatic rings. The monoisotopic (exact) mass is 1070 g/mol. The van der Waals surface area contributed by atoms with E-state index in [0.717, 1.165) is 63.1 Å². The fourth-order valence-corrected chi connectivity index (χ4v) is 11.6. The predicted octanol–water partition coefficient (Wildman–Crippen LogP) is 6.88. The van der Waals surface area contributed by atoms with Crippen molar-refractivity contribution < 1.29 is 51.1 Å². The average Bonchev–Trinajstić information content (AvgIpc) is 3.72. The van der Waals surface area contributed by atoms with Crippen LogP contribution in [0.1, 0.15) is 60.0 Å². The lowest BCUT2D eigenvalue weighted by Gasteiger charge is -2.43. The van der Waals surface area contributed by atoms with Crippen molar-refractivity contribution in [2.24, 2.45) is 0 Å². The molecular formula is C52H57ClF3N10O8P. The Morgan fingerprint density at radius 1 is 0.987 bits per heavy atom. The summed E-state index contributed by atoms with van der Waals surface area (Å²) >= 11 is 6.58. The summed E-state index contributed by atoms with van der Waals surface area (Å²) in [4.78, 5) is 68.0. The molecule has 0 bridgehead atoms. The minimum absolute atomic E-state index is 0.0559. The fraction of sp³-hybridized carbons (Fsp3) is 0.423. The van der Waals surface area contributed by atoms with Crippen LogP contribution >= 0.6 is 18.7 Å². The lowest BCUT2D eigenvalue weighted by molar-refractivity contribution is -0.137. The number of anilines is 6. The number of halogens is 4. The molecule has 4 N–H and O–H groups in total. The van der Waals surface area contributed by atoms with Gasteiger partial charge in [0.05, 0.1) is 41.4 Å². The number of carbonyl (C=O) groups excluding carboxylic acids is 4. The second-order valence-electron chi connectivity index (χ2n) is 19.1. The van der Waals surface area contributed by atoms with Gasteiger partial charge in [0.1, 0.15) is 37.2 Å². The maximum Gasteiger partial charge on any atom is 0.409 e. The minimum Gasteiger partial charge on any atom is -0.494 e. The third-order valence-corrected chi connectivity index (χ3v) is 15.6. The summed E-state index contributed by atoms with van der Waals surface area (Å²) in [5.41, 5.74) is 3.66. The van der Waals surface area contributed by atoms with E-state index in [4.69, 9.17) is 25.8 Å². The number of amides is 4. The van der Waals surface area contributed by atoms with Crippen LogP contribution in [0.5, 0.6) is 17.2 Å². The molecule has 0 saturated carbocycles. The molecule has 0 spiro atoms. The number of aromatic nitrogens is 2. The SMILES string of the molecule is COc1cc(N2CCC(N3CCN(CCCC#Cc4cccc5c4CN(C4CCC(=O)NC4=O)C5=O)CC3)CC2)c(NC(=O)/C=C/C(F)(F)F)cc1Nc1ncc(Cl)c(Nc2ccc3c(c2P(C)(C)=O)OCCO3)n1. The van der Waals surface area contributed by atoms with Gasteiger partial charge in [-0.2, -0.15) is 18.2 Å². The number of hydrogen-bond donors (Lipinski definition) is 4. The lowest BCUT2D eigenvalue weighted by atomic mass is 10.0. The number of benzene rings is 3. The van der Waals surface area contributed by atoms with E-state index in [-0.39, 0.29) is 59.9 Å². The highest BCUT2D eigenvalue weighted by atomic mass is 35.5. The molecule has 3 saturated heterocycles. The standard InChI is InChI=1S/C52H57ClF3N10O8P/c1-72-43-29-41(38(58-45(68)15-18-52(54,55)56)28-39(43)60-51-57-30-36(53)48(62-51)59-37-11-13-42-46(74-27-26-73-42)47(37)75(2,3)71)65-20-16-33(17-21-65)64-24-22-63(23-25-64)19-6-4-5-8-32-9-7-10-34-35(32)31-66(50(34)70)40-12-14-44(67)61-49(40)69/h7,9-11,13,15,18,28-30,33,40H,4,6,12,14,16-17,19-27,31H2,1-3H3,(H,58,68)(H,61,67,69)(H2,57,59,60,62)/b18-15+. The number of nitrogens with zero attached hydrogens (tertiary/aromatic N) is 6. The molecule has 1 atom stereocenters. The van der Waals surface area contributed by atoms with Gasteiger partial charge in [-0.15, -0.1) is 0 Å². The van der Waals surface area contributed by atoms with Crippen molar-refractivity contribution >= 4 is 82.2 Å². The van der Waals surface area contributed by atoms with E-state index in [9.17, 15) is 36.9 Å². The number of piperidine rings is 2. The zero-order chi connectivity index (χ0) is 53.0. The number of methoxy groups -OCH3 is 1. The van der Waals surface area contributed by atoms with E-state index >= 15 is 0 Å². The van der Waals surface area contributed by atoms with Crippen LogP contribution in [-0.4, -0.2) is 146 Å². The van der Waals surface area contributed by atoms with E-state index in [1.807, 2.05) is 6.07 Å². The first-order valence-electron chi connectivity index (χ1n) is 24.7. The molecule has 0 radical (unpaired) electrons. The number of ether oxygens (including phenoxy) is 3. The van der Waals surface area contributed by atoms with E-state index in [0.29, 0.717) is 89.8 Å². The highest BCUT2D eigenvalue weighted by Gasteiger charge is 2.40. The van der Waals surface area contributed by atoms with Crippen molar-refractivity contribution in [2.75, 3.05) is 100 Å². The summed E-state index contributed by atoms with van der Waals surface area (Å²) in [6.45, 7) is 9.85. The van der Waals surface area contributed by atoms with Gasteiger partial charge in [0.25, 0.3) is 5.91 Å². The number of piperazine rings is 1. The highest BCUT2D eigenvalue weighted by Crippen LogP contribution is 2.47. The number of nitrogens with one attached hydrogen (secondary N) is 4. The van der Waals surface area contributed by atoms with Gasteiger partial charge in [0, 0.05) is 94.0 Å². The van der Waals surface area contributed by atoms with Crippen LogP contribution in [0.3, 0.4) is 0 Å². The van der Waals surface area contributed by atoms with E-state index in [1.165, 1.54) is 18.2 Å². The molecule has 1 aromatic heterocycles. The number of carbonyl (C=O) groups is 4. The van der Waals surface area contributed by atoms with Crippen LogP contribution < -0.4 is 45.7 Å². The van der Waals surface area contributed by atoms with Crippen molar-refractivity contribution in [3.63, 3.8) is 0 Å². The number of allylic oxidation sites excluding steroid dienone is 1. The van der Waals surface area contributed by atoms with Gasteiger partial charge in [-0.3, -0.25) is 29.4 Å². The molecule has 18 nitrogen and oxygen atoms in total. The van der Waals surface area contributed by atoms with Crippen molar-refractivity contribution in [2.45, 2.75) is 63.3 Å². The molecule has 3 aromatic carbocycles. The predicted molar refractivity (Wildman–Crippen MR) is 279 cm³/mol. The first-order valence-corrected chi connectivity index (χ1v) is 27.7. The second-order valence-corrected chi connectivity index (χ2v) is 22.7. The molecule has 0 aliphatic carbocycles. The van der Waals surface area contributed by atoms with Crippen LogP contribution in [-0.2, 0) is 25.5 Å². The van der Waals surface area contributed by atoms with Gasteiger partial charge in [-0.25, -0.2) is 4.98 Å². The normalized spacial score (nSPS) is 18.6. The summed E-state index contributed by atoms with van der Waals surface area (Å²) in [5.74, 6) is 6.00. The molecule has 9 rings (SSSR count). The molecule has 5 aliphatic heterocycles. The molecule has 396 valence electrons. The number of imide groups is 1. The summed E-state index contributed by atoms with van der Waals surface area (Å²) in [7, 11) is -1.47. The highest BCUT2D eigenvalue weighted by molar-refractivity contribution is 7.70. The Balaban J connectivity index is 0.817. The van der Waals surface area contributed by atoms with Crippen LogP contribution in [0.15, 0.2) is 60.8 Å². The minimum atomic E-state index is -4.69. The summed E-state index contributed by atoms with van der Waals surface area (Å²) in [6, 6.07) is 11.8. The largest absolute Gasteiger partial charge is 0.494 e. The molecule has 23 heteroatoms.